The van der Waals surface area contributed by atoms with Crippen LogP contribution in [0, 0.1) is 5.92 Å². The summed E-state index contributed by atoms with van der Waals surface area (Å²) in [5.41, 5.74) is 3.90. The first kappa shape index (κ1) is 16.8. The molecule has 1 aliphatic heterocycles. The van der Waals surface area contributed by atoms with Crippen molar-refractivity contribution in [3.8, 4) is 11.4 Å². The second-order valence-electron chi connectivity index (χ2n) is 7.01. The fraction of sp³-hybridized carbons (Fsp3) is 0.333. The number of hydrogen-bond acceptors (Lipinski definition) is 3. The van der Waals surface area contributed by atoms with Crippen molar-refractivity contribution < 1.29 is 4.79 Å². The van der Waals surface area contributed by atoms with E-state index in [4.69, 9.17) is 4.98 Å². The van der Waals surface area contributed by atoms with E-state index in [1.54, 1.807) is 0 Å². The first-order valence-electron chi connectivity index (χ1n) is 9.23. The van der Waals surface area contributed by atoms with Crippen LogP contribution in [0.5, 0.6) is 0 Å². The van der Waals surface area contributed by atoms with Gasteiger partial charge in [-0.05, 0) is 56.1 Å². The van der Waals surface area contributed by atoms with Crippen molar-refractivity contribution in [2.24, 2.45) is 13.0 Å². The molecule has 5 heteroatoms. The average Bonchev–Trinajstić information content (AvgIpc) is 3.29. The molecule has 1 saturated heterocycles. The van der Waals surface area contributed by atoms with Crippen molar-refractivity contribution in [1.29, 1.82) is 0 Å². The topological polar surface area (TPSA) is 59.0 Å². The van der Waals surface area contributed by atoms with E-state index < -0.39 is 0 Å². The van der Waals surface area contributed by atoms with E-state index in [2.05, 4.69) is 21.3 Å². The normalized spacial score (nSPS) is 16.9. The maximum absolute atomic E-state index is 12.3. The van der Waals surface area contributed by atoms with Gasteiger partial charge in [0.1, 0.15) is 5.82 Å². The number of amides is 1. The quantitative estimate of drug-likeness (QED) is 0.741. The number of carbonyl (C=O) groups excluding carboxylic acids is 1. The van der Waals surface area contributed by atoms with Crippen molar-refractivity contribution in [2.75, 3.05) is 18.4 Å². The van der Waals surface area contributed by atoms with Gasteiger partial charge in [-0.25, -0.2) is 4.98 Å². The monoisotopic (exact) mass is 348 g/mol. The number of hydrogen-bond donors (Lipinski definition) is 2. The third-order valence-electron chi connectivity index (χ3n) is 5.13. The van der Waals surface area contributed by atoms with Crippen molar-refractivity contribution >= 4 is 22.6 Å². The van der Waals surface area contributed by atoms with Crippen molar-refractivity contribution in [3.05, 3.63) is 48.5 Å². The van der Waals surface area contributed by atoms with Crippen LogP contribution in [0.4, 0.5) is 5.69 Å². The van der Waals surface area contributed by atoms with Gasteiger partial charge in [0.2, 0.25) is 5.91 Å². The number of fused-ring (bicyclic) bond motifs is 1. The Hall–Kier alpha value is -2.66. The van der Waals surface area contributed by atoms with Crippen LogP contribution in [0.3, 0.4) is 0 Å². The molecule has 134 valence electrons. The number of anilines is 1. The number of aryl methyl sites for hydroxylation is 1. The molecule has 2 N–H and O–H groups in total. The van der Waals surface area contributed by atoms with E-state index in [1.165, 1.54) is 6.42 Å². The van der Waals surface area contributed by atoms with Crippen LogP contribution < -0.4 is 10.6 Å². The van der Waals surface area contributed by atoms with Crippen molar-refractivity contribution in [3.63, 3.8) is 0 Å². The van der Waals surface area contributed by atoms with Gasteiger partial charge in [0.25, 0.3) is 0 Å². The lowest BCUT2D eigenvalue weighted by Gasteiger charge is -2.10. The number of para-hydroxylation sites is 2. The number of nitrogens with zero attached hydrogens (tertiary/aromatic N) is 2. The molecule has 4 rings (SSSR count). The Balaban J connectivity index is 1.49. The summed E-state index contributed by atoms with van der Waals surface area (Å²) in [6.45, 7) is 2.11. The van der Waals surface area contributed by atoms with Gasteiger partial charge in [-0.15, -0.1) is 0 Å². The fourth-order valence-corrected chi connectivity index (χ4v) is 3.66. The largest absolute Gasteiger partial charge is 0.327 e. The predicted octanol–water partition coefficient (Wildman–Crippen LogP) is 3.57. The molecule has 0 bridgehead atoms. The highest BCUT2D eigenvalue weighted by Crippen LogP contribution is 2.25. The zero-order valence-corrected chi connectivity index (χ0v) is 15.0. The van der Waals surface area contributed by atoms with E-state index >= 15 is 0 Å². The van der Waals surface area contributed by atoms with Gasteiger partial charge in [-0.3, -0.25) is 4.79 Å². The smallest absolute Gasteiger partial charge is 0.224 e. The van der Waals surface area contributed by atoms with E-state index in [-0.39, 0.29) is 5.91 Å². The van der Waals surface area contributed by atoms with Crippen molar-refractivity contribution in [1.82, 2.24) is 14.9 Å². The summed E-state index contributed by atoms with van der Waals surface area (Å²) >= 11 is 0. The van der Waals surface area contributed by atoms with Gasteiger partial charge in [0.15, 0.2) is 0 Å². The number of carbonyl (C=O) groups is 1. The van der Waals surface area contributed by atoms with Gasteiger partial charge in [-0.1, -0.05) is 24.3 Å². The molecule has 0 spiro atoms. The van der Waals surface area contributed by atoms with Crippen LogP contribution in [0.25, 0.3) is 22.4 Å². The number of imidazole rings is 1. The molecule has 0 saturated carbocycles. The Bertz CT molecular complexity index is 925. The third-order valence-corrected chi connectivity index (χ3v) is 5.13. The van der Waals surface area contributed by atoms with E-state index in [0.29, 0.717) is 12.3 Å². The molecule has 3 aromatic rings. The number of nitrogens with one attached hydrogen (secondary N) is 2. The van der Waals surface area contributed by atoms with Crippen LogP contribution in [0.2, 0.25) is 0 Å². The average molecular weight is 348 g/mol. The SMILES string of the molecule is Cn1c(-c2cccc(NC(=O)CCC3CCNC3)c2)nc2ccccc21. The van der Waals surface area contributed by atoms with Crippen LogP contribution in [-0.2, 0) is 11.8 Å². The van der Waals surface area contributed by atoms with Crippen LogP contribution in [0.15, 0.2) is 48.5 Å². The van der Waals surface area contributed by atoms with E-state index in [9.17, 15) is 4.79 Å². The highest BCUT2D eigenvalue weighted by atomic mass is 16.1. The molecule has 2 heterocycles. The summed E-state index contributed by atoms with van der Waals surface area (Å²) in [7, 11) is 2.02. The van der Waals surface area contributed by atoms with Crippen LogP contribution >= 0.6 is 0 Å². The summed E-state index contributed by atoms with van der Waals surface area (Å²) in [6, 6.07) is 16.0. The molecule has 1 aliphatic rings. The lowest BCUT2D eigenvalue weighted by Crippen LogP contribution is -2.15. The standard InChI is InChI=1S/C21H24N4O/c1-25-19-8-3-2-7-18(19)24-21(25)16-5-4-6-17(13-16)23-20(26)10-9-15-11-12-22-14-15/h2-8,13,15,22H,9-12,14H2,1H3,(H,23,26). The maximum Gasteiger partial charge on any atom is 0.224 e. The lowest BCUT2D eigenvalue weighted by atomic mass is 10.0. The van der Waals surface area contributed by atoms with E-state index in [1.807, 2.05) is 49.5 Å². The molecule has 1 fully saturated rings. The Labute approximate surface area is 153 Å². The summed E-state index contributed by atoms with van der Waals surface area (Å²) < 4.78 is 2.09. The molecule has 1 amide bonds. The Kier molecular flexibility index (Phi) is 4.71. The second-order valence-corrected chi connectivity index (χ2v) is 7.01. The minimum absolute atomic E-state index is 0.0825. The van der Waals surface area contributed by atoms with Gasteiger partial charge in [0.05, 0.1) is 11.0 Å². The first-order valence-corrected chi connectivity index (χ1v) is 9.23. The molecule has 0 aliphatic carbocycles. The van der Waals surface area contributed by atoms with Gasteiger partial charge < -0.3 is 15.2 Å². The minimum atomic E-state index is 0.0825. The molecular formula is C21H24N4O. The van der Waals surface area contributed by atoms with Crippen LogP contribution in [0.1, 0.15) is 19.3 Å². The zero-order chi connectivity index (χ0) is 17.9. The minimum Gasteiger partial charge on any atom is -0.327 e. The number of rotatable bonds is 5. The summed E-state index contributed by atoms with van der Waals surface area (Å²) in [6.07, 6.45) is 2.70. The number of benzene rings is 2. The Morgan fingerprint density at radius 2 is 2.15 bits per heavy atom. The summed E-state index contributed by atoms with van der Waals surface area (Å²) in [5, 5.41) is 6.38. The molecule has 1 aromatic heterocycles. The lowest BCUT2D eigenvalue weighted by molar-refractivity contribution is -0.116. The molecule has 2 aromatic carbocycles. The number of aromatic nitrogens is 2. The maximum atomic E-state index is 12.3. The van der Waals surface area contributed by atoms with Gasteiger partial charge in [0, 0.05) is 24.7 Å². The molecule has 1 atom stereocenters. The molecular weight excluding hydrogens is 324 g/mol. The summed E-state index contributed by atoms with van der Waals surface area (Å²) in [5.74, 6) is 1.62. The third kappa shape index (κ3) is 3.48. The highest BCUT2D eigenvalue weighted by Gasteiger charge is 2.16. The Morgan fingerprint density at radius 3 is 2.96 bits per heavy atom. The van der Waals surface area contributed by atoms with Gasteiger partial charge in [-0.2, -0.15) is 0 Å². The first-order chi connectivity index (χ1) is 12.7. The zero-order valence-electron chi connectivity index (χ0n) is 15.0. The highest BCUT2D eigenvalue weighted by molar-refractivity contribution is 5.91. The molecule has 26 heavy (non-hydrogen) atoms. The summed E-state index contributed by atoms with van der Waals surface area (Å²) in [4.78, 5) is 17.0. The molecule has 5 nitrogen and oxygen atoms in total. The fourth-order valence-electron chi connectivity index (χ4n) is 3.66. The Morgan fingerprint density at radius 1 is 1.27 bits per heavy atom. The second kappa shape index (κ2) is 7.30. The van der Waals surface area contributed by atoms with Crippen LogP contribution in [-0.4, -0.2) is 28.5 Å². The molecule has 0 radical (unpaired) electrons. The predicted molar refractivity (Wildman–Crippen MR) is 105 cm³/mol. The molecule has 1 unspecified atom stereocenters. The van der Waals surface area contributed by atoms with E-state index in [0.717, 1.165) is 47.6 Å². The van der Waals surface area contributed by atoms with Gasteiger partial charge >= 0.3 is 0 Å². The van der Waals surface area contributed by atoms with Crippen molar-refractivity contribution in [2.45, 2.75) is 19.3 Å².